The van der Waals surface area contributed by atoms with E-state index in [4.69, 9.17) is 9.47 Å². The number of amides is 1. The highest BCUT2D eigenvalue weighted by molar-refractivity contribution is 8.01. The molecule has 2 aliphatic heterocycles. The molecule has 3 fully saturated rings. The Kier molecular flexibility index (Phi) is 10.2. The average molecular weight is 664 g/mol. The van der Waals surface area contributed by atoms with Gasteiger partial charge in [0.25, 0.3) is 0 Å². The van der Waals surface area contributed by atoms with Crippen LogP contribution in [0.5, 0.6) is 0 Å². The van der Waals surface area contributed by atoms with Gasteiger partial charge in [-0.05, 0) is 56.7 Å². The smallest absolute Gasteiger partial charge is 0.248 e. The summed E-state index contributed by atoms with van der Waals surface area (Å²) in [5.74, 6) is -7.83. The molecule has 9 nitrogen and oxygen atoms in total. The van der Waals surface area contributed by atoms with Crippen molar-refractivity contribution in [1.82, 2.24) is 14.7 Å². The molecule has 15 heteroatoms. The Balaban J connectivity index is 1.48. The predicted molar refractivity (Wildman–Crippen MR) is 154 cm³/mol. The lowest BCUT2D eigenvalue weighted by Crippen LogP contribution is -2.60. The number of hydrogen-bond acceptors (Lipinski definition) is 8. The van der Waals surface area contributed by atoms with Gasteiger partial charge in [-0.1, -0.05) is 0 Å². The second-order valence-corrected chi connectivity index (χ2v) is 13.4. The van der Waals surface area contributed by atoms with Gasteiger partial charge < -0.3 is 29.7 Å². The van der Waals surface area contributed by atoms with Crippen LogP contribution in [0.4, 0.5) is 22.0 Å². The topological polar surface area (TPSA) is 117 Å². The molecule has 1 aliphatic carbocycles. The normalized spacial score (nSPS) is 29.7. The van der Waals surface area contributed by atoms with Gasteiger partial charge in [0.1, 0.15) is 35.0 Å². The molecule has 7 atom stereocenters. The maximum Gasteiger partial charge on any atom is 0.248 e. The number of aromatic nitrogens is 2. The van der Waals surface area contributed by atoms with E-state index in [0.717, 1.165) is 43.2 Å². The molecule has 1 saturated carbocycles. The molecule has 0 spiro atoms. The molecule has 4 unspecified atom stereocenters. The quantitative estimate of drug-likeness (QED) is 0.286. The van der Waals surface area contributed by atoms with Crippen LogP contribution in [0, 0.1) is 17.5 Å². The van der Waals surface area contributed by atoms with Gasteiger partial charge in [-0.25, -0.2) is 22.0 Å². The number of likely N-dealkylation sites (tertiary alicyclic amines) is 1. The number of thioether (sulfide) groups is 1. The Morgan fingerprint density at radius 2 is 1.71 bits per heavy atom. The third-order valence-electron chi connectivity index (χ3n) is 9.05. The van der Waals surface area contributed by atoms with Crippen molar-refractivity contribution in [2.45, 2.75) is 105 Å². The second-order valence-electron chi connectivity index (χ2n) is 12.2. The minimum absolute atomic E-state index is 0.0188. The molecule has 3 aliphatic rings. The Morgan fingerprint density at radius 1 is 1.09 bits per heavy atom. The molecule has 0 bridgehead atoms. The number of piperidine rings is 1. The summed E-state index contributed by atoms with van der Waals surface area (Å²) >= 11 is 0.815. The molecular weight excluding hydrogens is 625 g/mol. The van der Waals surface area contributed by atoms with Gasteiger partial charge in [0.05, 0.1) is 17.9 Å². The fourth-order valence-corrected chi connectivity index (χ4v) is 7.99. The first-order chi connectivity index (χ1) is 21.2. The highest BCUT2D eigenvalue weighted by Crippen LogP contribution is 2.47. The predicted octanol–water partition coefficient (Wildman–Crippen LogP) is 4.04. The van der Waals surface area contributed by atoms with Crippen molar-refractivity contribution in [2.24, 2.45) is 0 Å². The van der Waals surface area contributed by atoms with Crippen LogP contribution in [-0.4, -0.2) is 103 Å². The van der Waals surface area contributed by atoms with E-state index in [9.17, 15) is 42.1 Å². The zero-order valence-corrected chi connectivity index (χ0v) is 25.7. The van der Waals surface area contributed by atoms with Gasteiger partial charge in [0, 0.05) is 44.8 Å². The van der Waals surface area contributed by atoms with Crippen molar-refractivity contribution in [3.8, 4) is 11.1 Å². The number of benzene rings is 1. The Morgan fingerprint density at radius 3 is 2.29 bits per heavy atom. The lowest BCUT2D eigenvalue weighted by Gasteiger charge is -2.48. The maximum absolute atomic E-state index is 14.1. The standard InChI is InChI=1S/C30H38F5N3O6S/c1-16(39)24-25(43-2)22(38-15-18(14-36-38)17-12-19(31)21(33)20(32)13-17)23(40)28(44-24)45-26(27(41)37-10-4-3-5-11-37)29(42)6-8-30(34,35)9-7-29/h12-16,22-26,28,39-40,42H,3-11H2,1-2H3/t16?,22?,23?,24?,25-,26-,28+/m1/s1. The van der Waals surface area contributed by atoms with Crippen LogP contribution in [-0.2, 0) is 14.3 Å². The molecule has 3 heterocycles. The van der Waals surface area contributed by atoms with Gasteiger partial charge in [0.15, 0.2) is 17.5 Å². The second kappa shape index (κ2) is 13.4. The lowest BCUT2D eigenvalue weighted by molar-refractivity contribution is -0.203. The minimum atomic E-state index is -2.97. The Bertz CT molecular complexity index is 1330. The van der Waals surface area contributed by atoms with Gasteiger partial charge in [0.2, 0.25) is 11.8 Å². The number of halogens is 5. The third kappa shape index (κ3) is 7.03. The van der Waals surface area contributed by atoms with E-state index in [1.165, 1.54) is 31.1 Å². The van der Waals surface area contributed by atoms with Crippen molar-refractivity contribution in [2.75, 3.05) is 20.2 Å². The number of aliphatic hydroxyl groups excluding tert-OH is 2. The molecular formula is C30H38F5N3O6S. The van der Waals surface area contributed by atoms with E-state index in [1.54, 1.807) is 4.90 Å². The number of alkyl halides is 2. The number of ether oxygens (including phenoxy) is 2. The van der Waals surface area contributed by atoms with E-state index in [0.29, 0.717) is 13.1 Å². The van der Waals surface area contributed by atoms with E-state index in [1.807, 2.05) is 0 Å². The summed E-state index contributed by atoms with van der Waals surface area (Å²) in [5.41, 5.74) is -2.91. The molecule has 1 aromatic heterocycles. The summed E-state index contributed by atoms with van der Waals surface area (Å²) in [5, 5.41) is 37.1. The van der Waals surface area contributed by atoms with Crippen molar-refractivity contribution < 1.29 is 51.5 Å². The monoisotopic (exact) mass is 663 g/mol. The lowest BCUT2D eigenvalue weighted by atomic mass is 9.80. The number of rotatable bonds is 8. The molecule has 1 amide bonds. The van der Waals surface area contributed by atoms with Crippen molar-refractivity contribution in [3.63, 3.8) is 0 Å². The highest BCUT2D eigenvalue weighted by atomic mass is 32.2. The van der Waals surface area contributed by atoms with E-state index < -0.39 is 88.9 Å². The minimum Gasteiger partial charge on any atom is -0.391 e. The highest BCUT2D eigenvalue weighted by Gasteiger charge is 2.55. The summed E-state index contributed by atoms with van der Waals surface area (Å²) in [6, 6.07) is 0.521. The molecule has 2 aromatic rings. The average Bonchev–Trinajstić information content (AvgIpc) is 3.50. The largest absolute Gasteiger partial charge is 0.391 e. The van der Waals surface area contributed by atoms with Gasteiger partial charge in [-0.2, -0.15) is 5.10 Å². The molecule has 1 aromatic carbocycles. The number of aliphatic hydroxyl groups is 3. The zero-order valence-electron chi connectivity index (χ0n) is 24.9. The summed E-state index contributed by atoms with van der Waals surface area (Å²) in [4.78, 5) is 15.5. The summed E-state index contributed by atoms with van der Waals surface area (Å²) in [7, 11) is 1.33. The first-order valence-corrected chi connectivity index (χ1v) is 16.0. The van der Waals surface area contributed by atoms with Gasteiger partial charge in [-0.15, -0.1) is 11.8 Å². The van der Waals surface area contributed by atoms with Crippen LogP contribution in [0.2, 0.25) is 0 Å². The van der Waals surface area contributed by atoms with E-state index >= 15 is 0 Å². The van der Waals surface area contributed by atoms with Crippen LogP contribution in [0.3, 0.4) is 0 Å². The Labute approximate surface area is 261 Å². The third-order valence-corrected chi connectivity index (χ3v) is 10.6. The zero-order chi connectivity index (χ0) is 32.7. The SMILES string of the molecule is CO[C@H]1C(C(C)O)O[C@@H](S[C@H](C(=O)N2CCCCC2)C2(O)CCC(F)(F)CC2)C(O)C1n1cc(-c2cc(F)c(F)c(F)c2)cn1. The number of carbonyl (C=O) groups excluding carboxylic acids is 1. The number of carbonyl (C=O) groups is 1. The molecule has 2 saturated heterocycles. The summed E-state index contributed by atoms with van der Waals surface area (Å²) < 4.78 is 82.8. The number of methoxy groups -OCH3 is 1. The molecule has 5 rings (SSSR count). The van der Waals surface area contributed by atoms with Crippen LogP contribution in [0.25, 0.3) is 11.1 Å². The van der Waals surface area contributed by atoms with Crippen molar-refractivity contribution in [1.29, 1.82) is 0 Å². The maximum atomic E-state index is 14.1. The van der Waals surface area contributed by atoms with Crippen LogP contribution < -0.4 is 0 Å². The van der Waals surface area contributed by atoms with Crippen LogP contribution >= 0.6 is 11.8 Å². The van der Waals surface area contributed by atoms with E-state index in [-0.39, 0.29) is 24.0 Å². The van der Waals surface area contributed by atoms with Crippen molar-refractivity contribution in [3.05, 3.63) is 42.0 Å². The fraction of sp³-hybridized carbons (Fsp3) is 0.667. The molecule has 250 valence electrons. The number of hydrogen-bond donors (Lipinski definition) is 3. The first-order valence-electron chi connectivity index (χ1n) is 15.0. The first kappa shape index (κ1) is 34.0. The Hall–Kier alpha value is -2.30. The van der Waals surface area contributed by atoms with E-state index in [2.05, 4.69) is 5.10 Å². The van der Waals surface area contributed by atoms with Crippen LogP contribution in [0.1, 0.15) is 57.9 Å². The molecule has 0 radical (unpaired) electrons. The fourth-order valence-electron chi connectivity index (χ4n) is 6.46. The summed E-state index contributed by atoms with van der Waals surface area (Å²) in [6.45, 7) is 2.34. The molecule has 3 N–H and O–H groups in total. The van der Waals surface area contributed by atoms with Crippen LogP contribution in [0.15, 0.2) is 24.5 Å². The van der Waals surface area contributed by atoms with Gasteiger partial charge >= 0.3 is 0 Å². The van der Waals surface area contributed by atoms with Gasteiger partial charge in [-0.3, -0.25) is 9.48 Å². The number of nitrogens with zero attached hydrogens (tertiary/aromatic N) is 3. The molecule has 45 heavy (non-hydrogen) atoms. The summed E-state index contributed by atoms with van der Waals surface area (Å²) in [6.07, 6.45) is -1.55. The van der Waals surface area contributed by atoms with Crippen molar-refractivity contribution >= 4 is 17.7 Å².